The number of halogens is 1. The molecule has 1 aromatic carbocycles. The monoisotopic (exact) mass is 270 g/mol. The van der Waals surface area contributed by atoms with Gasteiger partial charge in [0.25, 0.3) is 0 Å². The number of methoxy groups -OCH3 is 1. The van der Waals surface area contributed by atoms with Gasteiger partial charge in [0.2, 0.25) is 0 Å². The third-order valence-corrected chi connectivity index (χ3v) is 3.08. The molecule has 0 saturated heterocycles. The second kappa shape index (κ2) is 6.10. The Balaban J connectivity index is 3.02. The summed E-state index contributed by atoms with van der Waals surface area (Å²) in [5, 5.41) is 0.723. The largest absolute Gasteiger partial charge is 0.479 e. The van der Waals surface area contributed by atoms with E-state index in [1.54, 1.807) is 6.92 Å². The zero-order chi connectivity index (χ0) is 13.9. The van der Waals surface area contributed by atoms with Crippen molar-refractivity contribution < 1.29 is 14.3 Å². The maximum Gasteiger partial charge on any atom is 0.346 e. The van der Waals surface area contributed by atoms with E-state index in [1.165, 1.54) is 7.11 Å². The predicted molar refractivity (Wildman–Crippen MR) is 72.4 cm³/mol. The molecule has 18 heavy (non-hydrogen) atoms. The summed E-state index contributed by atoms with van der Waals surface area (Å²) in [4.78, 5) is 11.3. The van der Waals surface area contributed by atoms with Crippen molar-refractivity contribution in [2.45, 2.75) is 39.7 Å². The van der Waals surface area contributed by atoms with Crippen molar-refractivity contribution >= 4 is 17.6 Å². The first-order valence-electron chi connectivity index (χ1n) is 5.91. The van der Waals surface area contributed by atoms with Crippen LogP contribution in [0.1, 0.15) is 37.8 Å². The minimum atomic E-state index is -0.630. The lowest BCUT2D eigenvalue weighted by atomic mass is 10.0. The predicted octanol–water partition coefficient (Wildman–Crippen LogP) is 3.71. The molecule has 4 heteroatoms. The number of ether oxygens (including phenoxy) is 2. The zero-order valence-corrected chi connectivity index (χ0v) is 12.2. The number of hydrogen-bond acceptors (Lipinski definition) is 3. The zero-order valence-electron chi connectivity index (χ0n) is 11.4. The van der Waals surface area contributed by atoms with Crippen LogP contribution < -0.4 is 4.74 Å². The molecule has 0 heterocycles. The highest BCUT2D eigenvalue weighted by Gasteiger charge is 2.17. The van der Waals surface area contributed by atoms with Crippen LogP contribution in [0, 0.1) is 6.92 Å². The van der Waals surface area contributed by atoms with Crippen LogP contribution in [-0.2, 0) is 9.53 Å². The van der Waals surface area contributed by atoms with Crippen LogP contribution in [0.15, 0.2) is 12.1 Å². The van der Waals surface area contributed by atoms with Crippen molar-refractivity contribution in [2.24, 2.45) is 0 Å². The number of carbonyl (C=O) groups excluding carboxylic acids is 1. The van der Waals surface area contributed by atoms with Gasteiger partial charge >= 0.3 is 5.97 Å². The van der Waals surface area contributed by atoms with E-state index in [9.17, 15) is 4.79 Å². The van der Waals surface area contributed by atoms with Crippen molar-refractivity contribution in [3.05, 3.63) is 28.3 Å². The summed E-state index contributed by atoms with van der Waals surface area (Å²) in [6, 6.07) is 3.75. The first-order valence-corrected chi connectivity index (χ1v) is 6.29. The molecular formula is C14H19ClO3. The lowest BCUT2D eigenvalue weighted by molar-refractivity contribution is -0.147. The number of rotatable bonds is 4. The summed E-state index contributed by atoms with van der Waals surface area (Å²) < 4.78 is 10.2. The molecule has 0 bridgehead atoms. The van der Waals surface area contributed by atoms with E-state index in [2.05, 4.69) is 18.6 Å². The molecule has 1 aromatic rings. The average molecular weight is 271 g/mol. The maximum absolute atomic E-state index is 11.3. The summed E-state index contributed by atoms with van der Waals surface area (Å²) in [6.07, 6.45) is -0.630. The van der Waals surface area contributed by atoms with Gasteiger partial charge in [0, 0.05) is 5.02 Å². The Hall–Kier alpha value is -1.22. The molecule has 0 fully saturated rings. The van der Waals surface area contributed by atoms with E-state index in [0.717, 1.165) is 16.1 Å². The van der Waals surface area contributed by atoms with Gasteiger partial charge in [-0.1, -0.05) is 25.4 Å². The summed E-state index contributed by atoms with van der Waals surface area (Å²) in [7, 11) is 1.34. The van der Waals surface area contributed by atoms with Crippen molar-refractivity contribution in [3.63, 3.8) is 0 Å². The molecule has 0 spiro atoms. The van der Waals surface area contributed by atoms with Crippen LogP contribution in [0.25, 0.3) is 0 Å². The molecule has 0 aromatic heterocycles. The van der Waals surface area contributed by atoms with Gasteiger partial charge in [-0.15, -0.1) is 0 Å². The molecule has 0 amide bonds. The summed E-state index contributed by atoms with van der Waals surface area (Å²) in [6.45, 7) is 7.68. The number of benzene rings is 1. The Kier molecular flexibility index (Phi) is 5.03. The van der Waals surface area contributed by atoms with Gasteiger partial charge in [-0.2, -0.15) is 0 Å². The van der Waals surface area contributed by atoms with Crippen molar-refractivity contribution in [2.75, 3.05) is 7.11 Å². The fraction of sp³-hybridized carbons (Fsp3) is 0.500. The lowest BCUT2D eigenvalue weighted by Crippen LogP contribution is -2.25. The van der Waals surface area contributed by atoms with Gasteiger partial charge in [-0.05, 0) is 43.0 Å². The Labute approximate surface area is 113 Å². The molecule has 0 aliphatic rings. The Bertz CT molecular complexity index is 441. The molecule has 3 nitrogen and oxygen atoms in total. The topological polar surface area (TPSA) is 35.5 Å². The molecule has 0 aliphatic heterocycles. The van der Waals surface area contributed by atoms with Crippen LogP contribution in [0.4, 0.5) is 0 Å². The molecule has 0 aliphatic carbocycles. The van der Waals surface area contributed by atoms with E-state index in [-0.39, 0.29) is 0 Å². The van der Waals surface area contributed by atoms with Gasteiger partial charge in [-0.3, -0.25) is 0 Å². The van der Waals surface area contributed by atoms with Crippen LogP contribution in [-0.4, -0.2) is 19.2 Å². The first kappa shape index (κ1) is 14.8. The van der Waals surface area contributed by atoms with Crippen molar-refractivity contribution in [1.82, 2.24) is 0 Å². The first-order chi connectivity index (χ1) is 8.36. The highest BCUT2D eigenvalue weighted by atomic mass is 35.5. The number of hydrogen-bond donors (Lipinski definition) is 0. The van der Waals surface area contributed by atoms with E-state index < -0.39 is 12.1 Å². The minimum Gasteiger partial charge on any atom is -0.479 e. The van der Waals surface area contributed by atoms with Crippen LogP contribution in [0.5, 0.6) is 5.75 Å². The van der Waals surface area contributed by atoms with E-state index in [4.69, 9.17) is 16.3 Å². The van der Waals surface area contributed by atoms with Crippen LogP contribution in [0.2, 0.25) is 5.02 Å². The molecule has 0 N–H and O–H groups in total. The summed E-state index contributed by atoms with van der Waals surface area (Å²) in [5.74, 6) is 0.574. The highest BCUT2D eigenvalue weighted by molar-refractivity contribution is 6.31. The number of aryl methyl sites for hydroxylation is 1. The Morgan fingerprint density at radius 2 is 1.89 bits per heavy atom. The van der Waals surface area contributed by atoms with Gasteiger partial charge < -0.3 is 9.47 Å². The third-order valence-electron chi connectivity index (χ3n) is 2.75. The van der Waals surface area contributed by atoms with E-state index in [0.29, 0.717) is 11.7 Å². The highest BCUT2D eigenvalue weighted by Crippen LogP contribution is 2.31. The van der Waals surface area contributed by atoms with Gasteiger partial charge in [-0.25, -0.2) is 4.79 Å². The van der Waals surface area contributed by atoms with Crippen molar-refractivity contribution in [1.29, 1.82) is 0 Å². The number of esters is 1. The lowest BCUT2D eigenvalue weighted by Gasteiger charge is -2.17. The van der Waals surface area contributed by atoms with Gasteiger partial charge in [0.15, 0.2) is 6.10 Å². The second-order valence-corrected chi connectivity index (χ2v) is 4.98. The molecule has 1 atom stereocenters. The molecule has 1 unspecified atom stereocenters. The van der Waals surface area contributed by atoms with Crippen LogP contribution in [0.3, 0.4) is 0 Å². The standard InChI is InChI=1S/C14H19ClO3/c1-8(2)11-7-13(9(3)6-12(11)15)18-10(4)14(16)17-5/h6-8,10H,1-5H3. The average Bonchev–Trinajstić information content (AvgIpc) is 2.30. The Morgan fingerprint density at radius 3 is 2.39 bits per heavy atom. The third kappa shape index (κ3) is 3.39. The maximum atomic E-state index is 11.3. The fourth-order valence-electron chi connectivity index (χ4n) is 1.64. The molecule has 100 valence electrons. The Morgan fingerprint density at radius 1 is 1.28 bits per heavy atom. The van der Waals surface area contributed by atoms with Crippen molar-refractivity contribution in [3.8, 4) is 5.75 Å². The summed E-state index contributed by atoms with van der Waals surface area (Å²) >= 11 is 6.18. The van der Waals surface area contributed by atoms with Gasteiger partial charge in [0.1, 0.15) is 5.75 Å². The van der Waals surface area contributed by atoms with E-state index in [1.807, 2.05) is 19.1 Å². The molecular weight excluding hydrogens is 252 g/mol. The summed E-state index contributed by atoms with van der Waals surface area (Å²) in [5.41, 5.74) is 1.91. The molecule has 0 saturated carbocycles. The second-order valence-electron chi connectivity index (χ2n) is 4.58. The van der Waals surface area contributed by atoms with Gasteiger partial charge in [0.05, 0.1) is 7.11 Å². The smallest absolute Gasteiger partial charge is 0.346 e. The van der Waals surface area contributed by atoms with Crippen LogP contribution >= 0.6 is 11.6 Å². The van der Waals surface area contributed by atoms with E-state index >= 15 is 0 Å². The molecule has 0 radical (unpaired) electrons. The number of carbonyl (C=O) groups is 1. The normalized spacial score (nSPS) is 12.4. The quantitative estimate of drug-likeness (QED) is 0.783. The molecule has 1 rings (SSSR count). The fourth-order valence-corrected chi connectivity index (χ4v) is 2.08. The SMILES string of the molecule is COC(=O)C(C)Oc1cc(C(C)C)c(Cl)cc1C. The minimum absolute atomic E-state index is 0.300.